The summed E-state index contributed by atoms with van der Waals surface area (Å²) in [6.07, 6.45) is 0. The summed E-state index contributed by atoms with van der Waals surface area (Å²) in [6, 6.07) is 10.0. The molecule has 3 heteroatoms. The van der Waals surface area contributed by atoms with Gasteiger partial charge in [0.2, 0.25) is 0 Å². The molecule has 0 N–H and O–H groups in total. The first-order valence-electron chi connectivity index (χ1n) is 2.14. The molecule has 0 fully saturated rings. The predicted molar refractivity (Wildman–Crippen MR) is 35.5 cm³/mol. The van der Waals surface area contributed by atoms with Crippen LogP contribution in [0.1, 0.15) is 0 Å². The van der Waals surface area contributed by atoms with E-state index in [0.717, 1.165) is 0 Å². The van der Waals surface area contributed by atoms with E-state index < -0.39 is 0 Å². The summed E-state index contributed by atoms with van der Waals surface area (Å²) in [4.78, 5) is 15.5. The topological polar surface area (TPSA) is 34.1 Å². The van der Waals surface area contributed by atoms with Crippen LogP contribution < -0.4 is 0 Å². The minimum Gasteiger partial charge on any atom is -0.545 e. The number of rotatable bonds is 0. The first-order valence-corrected chi connectivity index (χ1v) is 2.14. The predicted octanol–water partition coefficient (Wildman–Crippen LogP) is 0.855. The summed E-state index contributed by atoms with van der Waals surface area (Å²) in [6.45, 7) is 6.50. The molecule has 0 aliphatic carbocycles. The second-order valence-electron chi connectivity index (χ2n) is 0.962. The van der Waals surface area contributed by atoms with Gasteiger partial charge in [-0.25, -0.2) is 12.1 Å². The molecule has 54 valence electrons. The molecule has 0 spiro atoms. The summed E-state index contributed by atoms with van der Waals surface area (Å²) in [5, 5.41) is 0. The smallest absolute Gasteiger partial charge is 0.545 e. The van der Waals surface area contributed by atoms with Gasteiger partial charge in [0.1, 0.15) is 0 Å². The summed E-state index contributed by atoms with van der Waals surface area (Å²) >= 11 is 0. The maximum Gasteiger partial charge on any atom is 4.00 e. The minimum atomic E-state index is 0. The molecule has 0 radical (unpaired) electrons. The molecule has 0 unspecified atom stereocenters. The molecule has 1 aromatic rings. The van der Waals surface area contributed by atoms with E-state index in [1.165, 1.54) is 0 Å². The van der Waals surface area contributed by atoms with Gasteiger partial charge in [0.05, 0.1) is 0 Å². The fourth-order valence-corrected chi connectivity index (χ4v) is 0.321. The first-order chi connectivity index (χ1) is 4.50. The maximum absolute atomic E-state index is 7.75. The van der Waals surface area contributed by atoms with Gasteiger partial charge in [-0.05, 0) is 0 Å². The molecule has 0 aliphatic heterocycles. The van der Waals surface area contributed by atoms with E-state index in [1.807, 2.05) is 30.3 Å². The van der Waals surface area contributed by atoms with Gasteiger partial charge in [0.25, 0.3) is 0 Å². The van der Waals surface area contributed by atoms with Gasteiger partial charge >= 0.3 is 19.8 Å². The van der Waals surface area contributed by atoms with Crippen LogP contribution in [0.5, 0.6) is 0 Å². The summed E-state index contributed by atoms with van der Waals surface area (Å²) in [5.74, 6) is 0. The zero-order valence-electron chi connectivity index (χ0n) is 5.21. The van der Waals surface area contributed by atoms with E-state index in [9.17, 15) is 0 Å². The van der Waals surface area contributed by atoms with Gasteiger partial charge in [-0.3, -0.25) is 13.6 Å². The van der Waals surface area contributed by atoms with Crippen LogP contribution in [0, 0.1) is 0 Å². The van der Waals surface area contributed by atoms with E-state index in [1.54, 1.807) is 0 Å². The second kappa shape index (κ2) is 23.9. The Balaban J connectivity index is -0.0000000875. The Kier molecular flexibility index (Phi) is 38.6. The number of hydrogen-bond acceptors (Lipinski definition) is 2. The molecule has 0 saturated heterocycles. The van der Waals surface area contributed by atoms with Crippen molar-refractivity contribution in [3.05, 3.63) is 30.3 Å². The monoisotopic (exact) mass is 315 g/mol. The zero-order chi connectivity index (χ0) is 7.54. The molecule has 1 aromatic carbocycles. The molecular weight excluding hydrogens is 306 g/mol. The van der Waals surface area contributed by atoms with Crippen molar-refractivity contribution in [2.75, 3.05) is 0 Å². The van der Waals surface area contributed by atoms with Crippen LogP contribution in [-0.2, 0) is 29.4 Å². The van der Waals surface area contributed by atoms with Crippen molar-refractivity contribution in [1.29, 1.82) is 0 Å². The van der Waals surface area contributed by atoms with E-state index >= 15 is 0 Å². The Morgan fingerprint density at radius 2 is 1.20 bits per heavy atom. The second-order valence-corrected chi connectivity index (χ2v) is 0.962. The van der Waals surface area contributed by atoms with Gasteiger partial charge in [-0.15, -0.1) is 0 Å². The Labute approximate surface area is 73.7 Å². The van der Waals surface area contributed by atoms with Crippen molar-refractivity contribution in [1.82, 2.24) is 0 Å². The minimum absolute atomic E-state index is 0. The van der Waals surface area contributed by atoms with Crippen molar-refractivity contribution in [3.8, 4) is 0 Å². The third-order valence-corrected chi connectivity index (χ3v) is 0.556. The fraction of sp³-hybridized carbons (Fsp3) is 0. The Hall–Kier alpha value is -0.674. The average molecular weight is 313 g/mol. The SMILES string of the molecule is [CH-]=O.[CH-]=O.[Os+4].c1cc[cH-]c1. The Morgan fingerprint density at radius 3 is 1.30 bits per heavy atom. The van der Waals surface area contributed by atoms with E-state index in [0.29, 0.717) is 0 Å². The molecule has 0 amide bonds. The number of hydrogen-bond donors (Lipinski definition) is 0. The molecule has 0 bridgehead atoms. The van der Waals surface area contributed by atoms with Gasteiger partial charge in [0.15, 0.2) is 0 Å². The van der Waals surface area contributed by atoms with E-state index in [2.05, 4.69) is 13.6 Å². The Bertz CT molecular complexity index is 87.1. The molecule has 0 aromatic heterocycles. The molecule has 0 heterocycles. The molecule has 1 rings (SSSR count). The van der Waals surface area contributed by atoms with Gasteiger partial charge in [-0.2, -0.15) is 18.2 Å². The van der Waals surface area contributed by atoms with Crippen LogP contribution in [0.25, 0.3) is 0 Å². The summed E-state index contributed by atoms with van der Waals surface area (Å²) in [5.41, 5.74) is 0. The summed E-state index contributed by atoms with van der Waals surface area (Å²) in [7, 11) is 0. The molecule has 2 nitrogen and oxygen atoms in total. The van der Waals surface area contributed by atoms with Gasteiger partial charge < -0.3 is 9.59 Å². The average Bonchev–Trinajstić information content (AvgIpc) is 2.51. The third-order valence-electron chi connectivity index (χ3n) is 0.556. The van der Waals surface area contributed by atoms with Gasteiger partial charge in [0, 0.05) is 0 Å². The molecule has 0 aliphatic rings. The van der Waals surface area contributed by atoms with Crippen LogP contribution in [0.4, 0.5) is 0 Å². The van der Waals surface area contributed by atoms with Crippen molar-refractivity contribution in [3.63, 3.8) is 0 Å². The van der Waals surface area contributed by atoms with Crippen LogP contribution in [-0.4, -0.2) is 13.6 Å². The van der Waals surface area contributed by atoms with Crippen LogP contribution in [0.3, 0.4) is 0 Å². The first kappa shape index (κ1) is 16.2. The quantitative estimate of drug-likeness (QED) is 0.526. The largest absolute Gasteiger partial charge is 4.00 e. The van der Waals surface area contributed by atoms with Crippen LogP contribution >= 0.6 is 0 Å². The van der Waals surface area contributed by atoms with Gasteiger partial charge in [-0.1, -0.05) is 0 Å². The summed E-state index contributed by atoms with van der Waals surface area (Å²) < 4.78 is 0. The van der Waals surface area contributed by atoms with Crippen molar-refractivity contribution >= 4 is 13.6 Å². The van der Waals surface area contributed by atoms with E-state index in [-0.39, 0.29) is 19.8 Å². The Morgan fingerprint density at radius 1 is 0.900 bits per heavy atom. The van der Waals surface area contributed by atoms with Crippen molar-refractivity contribution in [2.24, 2.45) is 0 Å². The third kappa shape index (κ3) is 15.7. The van der Waals surface area contributed by atoms with Crippen LogP contribution in [0.15, 0.2) is 30.3 Å². The molecular formula is C7H7O2Os+. The normalized spacial score (nSPS) is 4.80. The zero-order valence-corrected chi connectivity index (χ0v) is 7.75. The maximum atomic E-state index is 7.75. The van der Waals surface area contributed by atoms with E-state index in [4.69, 9.17) is 9.59 Å². The van der Waals surface area contributed by atoms with Crippen molar-refractivity contribution in [2.45, 2.75) is 0 Å². The number of carbonyl (C=O) groups excluding carboxylic acids is 2. The molecule has 0 saturated carbocycles. The standard InChI is InChI=1S/C5H5.2CHO.Os/c1-2-4-5-3-1;2*1-2;/h1-5H;2*1H;/q3*-1;+4. The molecule has 10 heavy (non-hydrogen) atoms. The molecule has 0 atom stereocenters. The fourth-order valence-electron chi connectivity index (χ4n) is 0.321. The van der Waals surface area contributed by atoms with Crippen molar-refractivity contribution < 1.29 is 29.4 Å². The van der Waals surface area contributed by atoms with Crippen LogP contribution in [0.2, 0.25) is 0 Å².